The van der Waals surface area contributed by atoms with Gasteiger partial charge in [-0.05, 0) is 26.2 Å². The van der Waals surface area contributed by atoms with E-state index in [9.17, 15) is 4.79 Å². The lowest BCUT2D eigenvalue weighted by atomic mass is 9.93. The minimum absolute atomic E-state index is 0.143. The fourth-order valence-corrected chi connectivity index (χ4v) is 1.43. The molecule has 0 bridgehead atoms. The third-order valence-electron chi connectivity index (χ3n) is 2.51. The molecule has 1 saturated carbocycles. The molecular formula is C10H15N3O2. The van der Waals surface area contributed by atoms with Gasteiger partial charge >= 0.3 is 6.03 Å². The lowest BCUT2D eigenvalue weighted by molar-refractivity contribution is 0.227. The van der Waals surface area contributed by atoms with Crippen molar-refractivity contribution in [3.63, 3.8) is 0 Å². The molecule has 2 rings (SSSR count). The Morgan fingerprint density at radius 2 is 2.47 bits per heavy atom. The predicted octanol–water partition coefficient (Wildman–Crippen LogP) is 1.33. The zero-order valence-corrected chi connectivity index (χ0v) is 8.75. The molecule has 2 amide bonds. The molecule has 0 radical (unpaired) electrons. The van der Waals surface area contributed by atoms with E-state index in [0.29, 0.717) is 18.5 Å². The third kappa shape index (κ3) is 2.71. The summed E-state index contributed by atoms with van der Waals surface area (Å²) < 4.78 is 5.23. The van der Waals surface area contributed by atoms with E-state index in [1.54, 1.807) is 6.20 Å². The van der Waals surface area contributed by atoms with Crippen molar-refractivity contribution >= 4 is 6.03 Å². The molecule has 1 fully saturated rings. The molecule has 15 heavy (non-hydrogen) atoms. The topological polar surface area (TPSA) is 67.2 Å². The van der Waals surface area contributed by atoms with Gasteiger partial charge in [0, 0.05) is 6.04 Å². The van der Waals surface area contributed by atoms with Crippen LogP contribution in [0.5, 0.6) is 0 Å². The van der Waals surface area contributed by atoms with Crippen LogP contribution in [0, 0.1) is 6.92 Å². The Balaban J connectivity index is 1.70. The van der Waals surface area contributed by atoms with Crippen LogP contribution in [0.4, 0.5) is 4.79 Å². The fourth-order valence-electron chi connectivity index (χ4n) is 1.43. The van der Waals surface area contributed by atoms with E-state index in [2.05, 4.69) is 15.6 Å². The number of nitrogens with one attached hydrogen (secondary N) is 2. The van der Waals surface area contributed by atoms with Crippen LogP contribution in [0.1, 0.15) is 30.9 Å². The molecule has 0 atom stereocenters. The van der Waals surface area contributed by atoms with Gasteiger partial charge in [0.1, 0.15) is 5.76 Å². The van der Waals surface area contributed by atoms with Crippen LogP contribution in [0.15, 0.2) is 10.6 Å². The number of nitrogens with zero attached hydrogens (tertiary/aromatic N) is 1. The van der Waals surface area contributed by atoms with Crippen LogP contribution < -0.4 is 10.6 Å². The lowest BCUT2D eigenvalue weighted by Crippen LogP contribution is -2.44. The predicted molar refractivity (Wildman–Crippen MR) is 54.3 cm³/mol. The van der Waals surface area contributed by atoms with Crippen molar-refractivity contribution in [2.45, 2.75) is 38.8 Å². The first kappa shape index (κ1) is 10.0. The summed E-state index contributed by atoms with van der Waals surface area (Å²) in [6, 6.07) is 0.215. The van der Waals surface area contributed by atoms with Crippen LogP contribution in [0.25, 0.3) is 0 Å². The quantitative estimate of drug-likeness (QED) is 0.789. The maximum atomic E-state index is 11.3. The number of hydrogen-bond donors (Lipinski definition) is 2. The third-order valence-corrected chi connectivity index (χ3v) is 2.51. The SMILES string of the molecule is Cc1cnc(CNC(=O)NC2CCC2)o1. The minimum atomic E-state index is -0.143. The summed E-state index contributed by atoms with van der Waals surface area (Å²) in [5.74, 6) is 1.29. The van der Waals surface area contributed by atoms with Gasteiger partial charge in [0.25, 0.3) is 0 Å². The Kier molecular flexibility index (Phi) is 2.89. The average Bonchev–Trinajstić information content (AvgIpc) is 2.55. The first-order valence-corrected chi connectivity index (χ1v) is 5.20. The zero-order chi connectivity index (χ0) is 10.7. The maximum Gasteiger partial charge on any atom is 0.315 e. The number of urea groups is 1. The number of aryl methyl sites for hydroxylation is 1. The van der Waals surface area contributed by atoms with Crippen LogP contribution in [0.3, 0.4) is 0 Å². The number of aromatic nitrogens is 1. The van der Waals surface area contributed by atoms with E-state index >= 15 is 0 Å². The smallest absolute Gasteiger partial charge is 0.315 e. The van der Waals surface area contributed by atoms with Crippen molar-refractivity contribution in [1.82, 2.24) is 15.6 Å². The monoisotopic (exact) mass is 209 g/mol. The van der Waals surface area contributed by atoms with E-state index < -0.39 is 0 Å². The highest BCUT2D eigenvalue weighted by atomic mass is 16.4. The lowest BCUT2D eigenvalue weighted by Gasteiger charge is -2.26. The van der Waals surface area contributed by atoms with Gasteiger partial charge in [0.2, 0.25) is 5.89 Å². The number of rotatable bonds is 3. The molecule has 1 heterocycles. The van der Waals surface area contributed by atoms with Crippen molar-refractivity contribution in [2.24, 2.45) is 0 Å². The summed E-state index contributed by atoms with van der Waals surface area (Å²) >= 11 is 0. The molecule has 0 aromatic carbocycles. The molecule has 1 aromatic heterocycles. The Hall–Kier alpha value is -1.52. The van der Waals surface area contributed by atoms with E-state index in [0.717, 1.165) is 18.6 Å². The van der Waals surface area contributed by atoms with E-state index in [-0.39, 0.29) is 6.03 Å². The van der Waals surface area contributed by atoms with Gasteiger partial charge in [-0.1, -0.05) is 0 Å². The van der Waals surface area contributed by atoms with E-state index in [4.69, 9.17) is 4.42 Å². The maximum absolute atomic E-state index is 11.3. The molecule has 1 aliphatic rings. The largest absolute Gasteiger partial charge is 0.444 e. The van der Waals surface area contributed by atoms with Crippen molar-refractivity contribution in [3.05, 3.63) is 17.8 Å². The molecule has 0 unspecified atom stereocenters. The minimum Gasteiger partial charge on any atom is -0.444 e. The van der Waals surface area contributed by atoms with Crippen molar-refractivity contribution in [3.8, 4) is 0 Å². The first-order chi connectivity index (χ1) is 7.24. The second-order valence-corrected chi connectivity index (χ2v) is 3.82. The summed E-state index contributed by atoms with van der Waals surface area (Å²) in [5, 5.41) is 5.58. The highest BCUT2D eigenvalue weighted by Crippen LogP contribution is 2.17. The Morgan fingerprint density at radius 1 is 1.67 bits per heavy atom. The molecule has 0 spiro atoms. The Labute approximate surface area is 88.3 Å². The second-order valence-electron chi connectivity index (χ2n) is 3.82. The van der Waals surface area contributed by atoms with Crippen LogP contribution in [-0.4, -0.2) is 17.1 Å². The van der Waals surface area contributed by atoms with Crippen LogP contribution in [0.2, 0.25) is 0 Å². The van der Waals surface area contributed by atoms with Gasteiger partial charge < -0.3 is 15.1 Å². The zero-order valence-electron chi connectivity index (χ0n) is 8.75. The number of carbonyl (C=O) groups is 1. The van der Waals surface area contributed by atoms with E-state index in [1.165, 1.54) is 6.42 Å². The highest BCUT2D eigenvalue weighted by molar-refractivity contribution is 5.74. The van der Waals surface area contributed by atoms with Gasteiger partial charge in [-0.3, -0.25) is 0 Å². The number of carbonyl (C=O) groups excluding carboxylic acids is 1. The summed E-state index contributed by atoms with van der Waals surface area (Å²) in [7, 11) is 0. The van der Waals surface area contributed by atoms with Crippen molar-refractivity contribution in [1.29, 1.82) is 0 Å². The molecule has 82 valence electrons. The molecule has 5 nitrogen and oxygen atoms in total. The van der Waals surface area contributed by atoms with E-state index in [1.807, 2.05) is 6.92 Å². The Bertz CT molecular complexity index is 344. The van der Waals surface area contributed by atoms with Crippen molar-refractivity contribution < 1.29 is 9.21 Å². The van der Waals surface area contributed by atoms with Gasteiger partial charge in [-0.25, -0.2) is 9.78 Å². The fraction of sp³-hybridized carbons (Fsp3) is 0.600. The standard InChI is InChI=1S/C10H15N3O2/c1-7-5-11-9(15-7)6-12-10(14)13-8-3-2-4-8/h5,8H,2-4,6H2,1H3,(H2,12,13,14). The molecule has 5 heteroatoms. The van der Waals surface area contributed by atoms with Gasteiger partial charge in [-0.15, -0.1) is 0 Å². The molecule has 1 aliphatic carbocycles. The second kappa shape index (κ2) is 4.33. The molecule has 1 aromatic rings. The van der Waals surface area contributed by atoms with Gasteiger partial charge in [0.15, 0.2) is 0 Å². The highest BCUT2D eigenvalue weighted by Gasteiger charge is 2.19. The molecular weight excluding hydrogens is 194 g/mol. The van der Waals surface area contributed by atoms with Gasteiger partial charge in [0.05, 0.1) is 12.7 Å². The molecule has 0 aliphatic heterocycles. The van der Waals surface area contributed by atoms with Crippen LogP contribution in [-0.2, 0) is 6.54 Å². The summed E-state index contributed by atoms with van der Waals surface area (Å²) in [4.78, 5) is 15.3. The average molecular weight is 209 g/mol. The number of oxazole rings is 1. The molecule has 2 N–H and O–H groups in total. The van der Waals surface area contributed by atoms with Crippen LogP contribution >= 0.6 is 0 Å². The number of amides is 2. The normalized spacial score (nSPS) is 15.8. The molecule has 0 saturated heterocycles. The Morgan fingerprint density at radius 3 is 3.00 bits per heavy atom. The summed E-state index contributed by atoms with van der Waals surface area (Å²) in [6.45, 7) is 2.16. The summed E-state index contributed by atoms with van der Waals surface area (Å²) in [5.41, 5.74) is 0. The summed E-state index contributed by atoms with van der Waals surface area (Å²) in [6.07, 6.45) is 5.03. The van der Waals surface area contributed by atoms with Gasteiger partial charge in [-0.2, -0.15) is 0 Å². The van der Waals surface area contributed by atoms with Crippen molar-refractivity contribution in [2.75, 3.05) is 0 Å². The first-order valence-electron chi connectivity index (χ1n) is 5.20. The number of hydrogen-bond acceptors (Lipinski definition) is 3.